The standard InChI is InChI=1S/C32H32N2O6/c33-29-17-15-27(19-23(29)3-1-5-31(35)36)39-25-11-7-21(8-12-25)22-9-13-26(14-10-22)40-28-16-18-30(34)24(20-28)4-2-6-32(37)38/h7-20H,1-6,33-34H2,(H,35,36)(H,37,38). The lowest BCUT2D eigenvalue weighted by Crippen LogP contribution is -1.99. The monoisotopic (exact) mass is 540 g/mol. The van der Waals surface area contributed by atoms with Gasteiger partial charge in [-0.15, -0.1) is 0 Å². The van der Waals surface area contributed by atoms with Crippen LogP contribution in [0, 0.1) is 0 Å². The van der Waals surface area contributed by atoms with Gasteiger partial charge in [0.1, 0.15) is 23.0 Å². The maximum Gasteiger partial charge on any atom is 0.303 e. The number of aryl methyl sites for hydroxylation is 2. The number of ether oxygens (including phenoxy) is 2. The molecule has 4 aromatic rings. The van der Waals surface area contributed by atoms with Crippen LogP contribution in [0.25, 0.3) is 11.1 Å². The van der Waals surface area contributed by atoms with Crippen molar-refractivity contribution in [3.05, 3.63) is 96.1 Å². The third-order valence-corrected chi connectivity index (χ3v) is 6.42. The topological polar surface area (TPSA) is 145 Å². The highest BCUT2D eigenvalue weighted by Gasteiger charge is 2.08. The first-order chi connectivity index (χ1) is 19.3. The molecule has 0 saturated carbocycles. The zero-order valence-corrected chi connectivity index (χ0v) is 22.0. The van der Waals surface area contributed by atoms with Gasteiger partial charge in [0.2, 0.25) is 0 Å². The van der Waals surface area contributed by atoms with Crippen LogP contribution in [0.5, 0.6) is 23.0 Å². The number of carboxylic acid groups (broad SMARTS) is 2. The SMILES string of the molecule is Nc1ccc(Oc2ccc(-c3ccc(Oc4ccc(N)c(CCCC(=O)O)c4)cc3)cc2)cc1CCCC(=O)O. The van der Waals surface area contributed by atoms with Gasteiger partial charge >= 0.3 is 11.9 Å². The van der Waals surface area contributed by atoms with Gasteiger partial charge in [-0.1, -0.05) is 24.3 Å². The van der Waals surface area contributed by atoms with Gasteiger partial charge < -0.3 is 31.2 Å². The summed E-state index contributed by atoms with van der Waals surface area (Å²) in [6, 6.07) is 26.3. The van der Waals surface area contributed by atoms with Crippen molar-refractivity contribution in [2.24, 2.45) is 0 Å². The van der Waals surface area contributed by atoms with E-state index < -0.39 is 11.9 Å². The number of rotatable bonds is 13. The molecule has 0 bridgehead atoms. The van der Waals surface area contributed by atoms with E-state index in [0.29, 0.717) is 60.1 Å². The molecule has 0 heterocycles. The van der Waals surface area contributed by atoms with Gasteiger partial charge in [-0.2, -0.15) is 0 Å². The molecule has 4 aromatic carbocycles. The van der Waals surface area contributed by atoms with Crippen LogP contribution < -0.4 is 20.9 Å². The van der Waals surface area contributed by atoms with E-state index in [2.05, 4.69) is 0 Å². The first-order valence-corrected chi connectivity index (χ1v) is 13.0. The molecular weight excluding hydrogens is 508 g/mol. The molecule has 0 spiro atoms. The lowest BCUT2D eigenvalue weighted by molar-refractivity contribution is -0.138. The summed E-state index contributed by atoms with van der Waals surface area (Å²) in [7, 11) is 0. The first kappa shape index (κ1) is 28.0. The van der Waals surface area contributed by atoms with Crippen molar-refractivity contribution in [1.29, 1.82) is 0 Å². The van der Waals surface area contributed by atoms with E-state index in [1.54, 1.807) is 24.3 Å². The summed E-state index contributed by atoms with van der Waals surface area (Å²) in [4.78, 5) is 21.6. The molecule has 6 N–H and O–H groups in total. The molecule has 0 aliphatic heterocycles. The quantitative estimate of drug-likeness (QED) is 0.134. The highest BCUT2D eigenvalue weighted by molar-refractivity contribution is 5.67. The number of nitrogens with two attached hydrogens (primary N) is 2. The lowest BCUT2D eigenvalue weighted by Gasteiger charge is -2.12. The van der Waals surface area contributed by atoms with Crippen LogP contribution >= 0.6 is 0 Å². The Kier molecular flexibility index (Phi) is 9.25. The van der Waals surface area contributed by atoms with E-state index in [4.69, 9.17) is 31.2 Å². The van der Waals surface area contributed by atoms with Crippen molar-refractivity contribution in [2.45, 2.75) is 38.5 Å². The van der Waals surface area contributed by atoms with Crippen LogP contribution in [0.2, 0.25) is 0 Å². The molecule has 8 heteroatoms. The summed E-state index contributed by atoms with van der Waals surface area (Å²) in [5, 5.41) is 17.7. The maximum atomic E-state index is 10.8. The van der Waals surface area contributed by atoms with Gasteiger partial charge in [-0.05, 0) is 109 Å². The highest BCUT2D eigenvalue weighted by atomic mass is 16.5. The van der Waals surface area contributed by atoms with Crippen molar-refractivity contribution in [3.8, 4) is 34.1 Å². The van der Waals surface area contributed by atoms with E-state index in [9.17, 15) is 9.59 Å². The molecule has 0 aliphatic carbocycles. The Hall–Kier alpha value is -4.98. The normalized spacial score (nSPS) is 10.7. The third kappa shape index (κ3) is 8.01. The summed E-state index contributed by atoms with van der Waals surface area (Å²) in [6.07, 6.45) is 2.35. The molecule has 0 unspecified atom stereocenters. The minimum Gasteiger partial charge on any atom is -0.481 e. The van der Waals surface area contributed by atoms with Crippen LogP contribution in [-0.4, -0.2) is 22.2 Å². The van der Waals surface area contributed by atoms with Gasteiger partial charge in [0, 0.05) is 24.2 Å². The zero-order chi connectivity index (χ0) is 28.5. The molecule has 0 amide bonds. The largest absolute Gasteiger partial charge is 0.481 e. The molecule has 0 radical (unpaired) electrons. The zero-order valence-electron chi connectivity index (χ0n) is 22.0. The van der Waals surface area contributed by atoms with E-state index in [1.165, 1.54) is 0 Å². The number of nitrogen functional groups attached to an aromatic ring is 2. The van der Waals surface area contributed by atoms with Crippen LogP contribution in [0.1, 0.15) is 36.8 Å². The number of anilines is 2. The van der Waals surface area contributed by atoms with Gasteiger partial charge in [0.05, 0.1) is 0 Å². The predicted molar refractivity (Wildman–Crippen MR) is 155 cm³/mol. The Morgan fingerprint density at radius 1 is 0.550 bits per heavy atom. The van der Waals surface area contributed by atoms with Gasteiger partial charge in [0.25, 0.3) is 0 Å². The second-order valence-corrected chi connectivity index (χ2v) is 9.47. The number of hydrogen-bond acceptors (Lipinski definition) is 6. The second kappa shape index (κ2) is 13.2. The van der Waals surface area contributed by atoms with E-state index >= 15 is 0 Å². The van der Waals surface area contributed by atoms with Crippen molar-refractivity contribution in [2.75, 3.05) is 11.5 Å². The minimum atomic E-state index is -0.824. The molecule has 0 aromatic heterocycles. The number of aliphatic carboxylic acids is 2. The van der Waals surface area contributed by atoms with Gasteiger partial charge in [-0.25, -0.2) is 0 Å². The fourth-order valence-corrected chi connectivity index (χ4v) is 4.29. The molecule has 8 nitrogen and oxygen atoms in total. The molecule has 0 atom stereocenters. The Morgan fingerprint density at radius 3 is 1.25 bits per heavy atom. The van der Waals surface area contributed by atoms with E-state index in [0.717, 1.165) is 22.3 Å². The third-order valence-electron chi connectivity index (χ3n) is 6.42. The van der Waals surface area contributed by atoms with Crippen molar-refractivity contribution in [1.82, 2.24) is 0 Å². The average molecular weight is 541 g/mol. The summed E-state index contributed by atoms with van der Waals surface area (Å²) in [5.41, 5.74) is 17.1. The Morgan fingerprint density at radius 2 is 0.900 bits per heavy atom. The van der Waals surface area contributed by atoms with Crippen LogP contribution in [0.3, 0.4) is 0 Å². The Bertz CT molecular complexity index is 1350. The Balaban J connectivity index is 1.37. The van der Waals surface area contributed by atoms with E-state index in [1.807, 2.05) is 60.7 Å². The number of carboxylic acids is 2. The lowest BCUT2D eigenvalue weighted by atomic mass is 10.0. The Labute approximate surface area is 232 Å². The predicted octanol–water partition coefficient (Wildman–Crippen LogP) is 6.92. The summed E-state index contributed by atoms with van der Waals surface area (Å²) >= 11 is 0. The second-order valence-electron chi connectivity index (χ2n) is 9.47. The molecule has 4 rings (SSSR count). The molecule has 40 heavy (non-hydrogen) atoms. The first-order valence-electron chi connectivity index (χ1n) is 13.0. The summed E-state index contributed by atoms with van der Waals surface area (Å²) in [5.74, 6) is 0.980. The molecule has 0 saturated heterocycles. The molecule has 0 aliphatic rings. The fraction of sp³-hybridized carbons (Fsp3) is 0.188. The summed E-state index contributed by atoms with van der Waals surface area (Å²) < 4.78 is 12.0. The van der Waals surface area contributed by atoms with Crippen molar-refractivity contribution >= 4 is 23.3 Å². The van der Waals surface area contributed by atoms with Crippen LogP contribution in [0.4, 0.5) is 11.4 Å². The van der Waals surface area contributed by atoms with Crippen LogP contribution in [-0.2, 0) is 22.4 Å². The minimum absolute atomic E-state index is 0.0948. The smallest absolute Gasteiger partial charge is 0.303 e. The fourth-order valence-electron chi connectivity index (χ4n) is 4.29. The van der Waals surface area contributed by atoms with Crippen LogP contribution in [0.15, 0.2) is 84.9 Å². The van der Waals surface area contributed by atoms with Gasteiger partial charge in [0.15, 0.2) is 0 Å². The maximum absolute atomic E-state index is 10.8. The number of hydrogen-bond donors (Lipinski definition) is 4. The van der Waals surface area contributed by atoms with Crippen molar-refractivity contribution in [3.63, 3.8) is 0 Å². The number of carbonyl (C=O) groups is 2. The molecular formula is C32H32N2O6. The summed E-state index contributed by atoms with van der Waals surface area (Å²) in [6.45, 7) is 0. The van der Waals surface area contributed by atoms with E-state index in [-0.39, 0.29) is 12.8 Å². The average Bonchev–Trinajstić information content (AvgIpc) is 2.93. The number of benzene rings is 4. The molecule has 0 fully saturated rings. The van der Waals surface area contributed by atoms with Gasteiger partial charge in [-0.3, -0.25) is 9.59 Å². The van der Waals surface area contributed by atoms with Crippen molar-refractivity contribution < 1.29 is 29.3 Å². The highest BCUT2D eigenvalue weighted by Crippen LogP contribution is 2.31. The molecule has 206 valence electrons.